The summed E-state index contributed by atoms with van der Waals surface area (Å²) in [5.41, 5.74) is 10.6. The molecule has 1 nitrogen and oxygen atoms in total. The molecule has 0 N–H and O–H groups in total. The van der Waals surface area contributed by atoms with E-state index < -0.39 is 0 Å². The largest absolute Gasteiger partial charge is 0.310 e. The molecule has 0 amide bonds. The van der Waals surface area contributed by atoms with Crippen molar-refractivity contribution in [1.29, 1.82) is 0 Å². The van der Waals surface area contributed by atoms with E-state index >= 15 is 0 Å². The summed E-state index contributed by atoms with van der Waals surface area (Å²) < 4.78 is 0. The van der Waals surface area contributed by atoms with E-state index in [0.717, 1.165) is 11.4 Å². The molecule has 7 rings (SSSR count). The summed E-state index contributed by atoms with van der Waals surface area (Å²) in [5, 5.41) is 2.46. The first-order valence-corrected chi connectivity index (χ1v) is 14.7. The molecule has 0 atom stereocenters. The number of para-hydroxylation sites is 1. The number of rotatable bonds is 7. The van der Waals surface area contributed by atoms with Crippen LogP contribution in [0.15, 0.2) is 182 Å². The minimum atomic E-state index is 1.13. The maximum atomic E-state index is 2.34. The fourth-order valence-corrected chi connectivity index (χ4v) is 5.72. The second kappa shape index (κ2) is 12.1. The predicted molar refractivity (Wildman–Crippen MR) is 184 cm³/mol. The van der Waals surface area contributed by atoms with E-state index in [4.69, 9.17) is 0 Å². The smallest absolute Gasteiger partial charge is 0.0540 e. The Morgan fingerprint density at radius 1 is 0.395 bits per heavy atom. The lowest BCUT2D eigenvalue weighted by Gasteiger charge is -2.27. The van der Waals surface area contributed by atoms with Crippen molar-refractivity contribution >= 4 is 39.5 Å². The molecule has 0 fully saturated rings. The molecule has 0 aliphatic heterocycles. The van der Waals surface area contributed by atoms with Gasteiger partial charge in [-0.3, -0.25) is 0 Å². The van der Waals surface area contributed by atoms with Crippen LogP contribution in [0.1, 0.15) is 16.7 Å². The molecular weight excluding hydrogens is 518 g/mol. The van der Waals surface area contributed by atoms with Gasteiger partial charge in [0.05, 0.1) is 5.69 Å². The van der Waals surface area contributed by atoms with Crippen LogP contribution in [0.2, 0.25) is 0 Å². The van der Waals surface area contributed by atoms with Gasteiger partial charge < -0.3 is 4.90 Å². The van der Waals surface area contributed by atoms with Gasteiger partial charge in [-0.25, -0.2) is 0 Å². The van der Waals surface area contributed by atoms with Gasteiger partial charge in [-0.05, 0) is 75.2 Å². The summed E-state index contributed by atoms with van der Waals surface area (Å²) in [6, 6.07) is 64.7. The first kappa shape index (κ1) is 26.3. The van der Waals surface area contributed by atoms with Crippen LogP contribution in [0, 0.1) is 0 Å². The molecule has 0 saturated carbocycles. The number of hydrogen-bond donors (Lipinski definition) is 0. The van der Waals surface area contributed by atoms with Crippen LogP contribution in [-0.2, 0) is 0 Å². The third-order valence-corrected chi connectivity index (χ3v) is 7.87. The molecule has 0 heterocycles. The molecule has 0 unspecified atom stereocenters. The number of nitrogens with zero attached hydrogens (tertiary/aromatic N) is 1. The number of anilines is 3. The van der Waals surface area contributed by atoms with Crippen molar-refractivity contribution in [3.63, 3.8) is 0 Å². The van der Waals surface area contributed by atoms with E-state index in [9.17, 15) is 0 Å². The van der Waals surface area contributed by atoms with Crippen molar-refractivity contribution in [1.82, 2.24) is 0 Å². The van der Waals surface area contributed by atoms with E-state index in [0.29, 0.717) is 0 Å². The molecule has 0 aliphatic carbocycles. The summed E-state index contributed by atoms with van der Waals surface area (Å²) in [4.78, 5) is 2.34. The molecular formula is C42H31N. The Hall–Kier alpha value is -5.66. The maximum absolute atomic E-state index is 2.34. The van der Waals surface area contributed by atoms with Crippen LogP contribution in [-0.4, -0.2) is 0 Å². The van der Waals surface area contributed by atoms with Gasteiger partial charge in [-0.1, -0.05) is 152 Å². The normalized spacial score (nSPS) is 11.4. The molecule has 0 aromatic heterocycles. The van der Waals surface area contributed by atoms with Crippen LogP contribution in [0.5, 0.6) is 0 Å². The minimum Gasteiger partial charge on any atom is -0.310 e. The summed E-state index contributed by atoms with van der Waals surface area (Å²) in [7, 11) is 0. The Balaban J connectivity index is 1.23. The highest BCUT2D eigenvalue weighted by Gasteiger charge is 2.15. The van der Waals surface area contributed by atoms with E-state index in [1.54, 1.807) is 0 Å². The van der Waals surface area contributed by atoms with Crippen molar-refractivity contribution in [2.24, 2.45) is 0 Å². The van der Waals surface area contributed by atoms with Gasteiger partial charge in [-0.2, -0.15) is 0 Å². The average Bonchev–Trinajstić information content (AvgIpc) is 3.09. The van der Waals surface area contributed by atoms with E-state index in [2.05, 4.69) is 193 Å². The first-order valence-electron chi connectivity index (χ1n) is 14.7. The molecule has 0 aliphatic rings. The fourth-order valence-electron chi connectivity index (χ4n) is 5.72. The number of hydrogen-bond acceptors (Lipinski definition) is 1. The first-order chi connectivity index (χ1) is 21.3. The Kier molecular flexibility index (Phi) is 7.36. The third-order valence-electron chi connectivity index (χ3n) is 7.87. The van der Waals surface area contributed by atoms with Crippen molar-refractivity contribution in [2.75, 3.05) is 4.90 Å². The van der Waals surface area contributed by atoms with Crippen molar-refractivity contribution in [2.45, 2.75) is 0 Å². The topological polar surface area (TPSA) is 3.24 Å². The maximum Gasteiger partial charge on any atom is 0.0540 e. The summed E-state index contributed by atoms with van der Waals surface area (Å²) in [5.74, 6) is 0. The molecule has 0 bridgehead atoms. The minimum absolute atomic E-state index is 1.13. The zero-order chi connectivity index (χ0) is 28.8. The van der Waals surface area contributed by atoms with Crippen LogP contribution in [0.3, 0.4) is 0 Å². The second-order valence-electron chi connectivity index (χ2n) is 10.6. The lowest BCUT2D eigenvalue weighted by atomic mass is 9.94. The molecule has 7 aromatic carbocycles. The Labute approximate surface area is 253 Å². The van der Waals surface area contributed by atoms with Crippen LogP contribution in [0.4, 0.5) is 17.1 Å². The van der Waals surface area contributed by atoms with E-state index in [1.165, 1.54) is 49.9 Å². The van der Waals surface area contributed by atoms with Crippen molar-refractivity contribution in [3.8, 4) is 11.1 Å². The SMILES string of the molecule is C(=C(/c1ccccc1)c1ccc(-c2ccc(N(c3ccccc3)c3cccc4ccccc34)cc2)cc1)/c1ccccc1. The second-order valence-corrected chi connectivity index (χ2v) is 10.6. The number of benzene rings is 7. The lowest BCUT2D eigenvalue weighted by molar-refractivity contribution is 1.30. The van der Waals surface area contributed by atoms with Gasteiger partial charge >= 0.3 is 0 Å². The van der Waals surface area contributed by atoms with Crippen molar-refractivity contribution < 1.29 is 0 Å². The van der Waals surface area contributed by atoms with Crippen LogP contribution in [0.25, 0.3) is 33.5 Å². The Bertz CT molecular complexity index is 1970. The quantitative estimate of drug-likeness (QED) is 0.179. The van der Waals surface area contributed by atoms with E-state index in [1.807, 2.05) is 0 Å². The molecule has 0 saturated heterocycles. The standard InChI is InChI=1S/C42H31N/c1-4-13-32(14-5-1)31-41(36-15-6-2-7-16-36)37-25-23-33(24-26-37)34-27-29-39(30-28-34)43(38-19-8-3-9-20-38)42-22-12-18-35-17-10-11-21-40(35)42/h1-31H/b41-31+. The molecule has 43 heavy (non-hydrogen) atoms. The van der Waals surface area contributed by atoms with Crippen LogP contribution >= 0.6 is 0 Å². The Morgan fingerprint density at radius 2 is 0.907 bits per heavy atom. The summed E-state index contributed by atoms with van der Waals surface area (Å²) in [6.45, 7) is 0. The molecule has 204 valence electrons. The molecule has 0 spiro atoms. The molecule has 1 heteroatoms. The van der Waals surface area contributed by atoms with Crippen molar-refractivity contribution in [3.05, 3.63) is 199 Å². The van der Waals surface area contributed by atoms with Gasteiger partial charge in [0.1, 0.15) is 0 Å². The monoisotopic (exact) mass is 549 g/mol. The highest BCUT2D eigenvalue weighted by molar-refractivity contribution is 5.99. The lowest BCUT2D eigenvalue weighted by Crippen LogP contribution is -2.10. The van der Waals surface area contributed by atoms with Gasteiger partial charge in [0.2, 0.25) is 0 Å². The Morgan fingerprint density at radius 3 is 1.60 bits per heavy atom. The zero-order valence-electron chi connectivity index (χ0n) is 23.8. The predicted octanol–water partition coefficient (Wildman–Crippen LogP) is 11.6. The van der Waals surface area contributed by atoms with Gasteiger partial charge in [0.25, 0.3) is 0 Å². The average molecular weight is 550 g/mol. The third kappa shape index (κ3) is 5.62. The van der Waals surface area contributed by atoms with E-state index in [-0.39, 0.29) is 0 Å². The number of fused-ring (bicyclic) bond motifs is 1. The van der Waals surface area contributed by atoms with Gasteiger partial charge in [0, 0.05) is 16.8 Å². The summed E-state index contributed by atoms with van der Waals surface area (Å²) in [6.07, 6.45) is 2.27. The highest BCUT2D eigenvalue weighted by atomic mass is 15.1. The highest BCUT2D eigenvalue weighted by Crippen LogP contribution is 2.39. The van der Waals surface area contributed by atoms with Crippen LogP contribution < -0.4 is 4.90 Å². The van der Waals surface area contributed by atoms with Gasteiger partial charge in [-0.15, -0.1) is 0 Å². The molecule has 7 aromatic rings. The molecule has 0 radical (unpaired) electrons. The zero-order valence-corrected chi connectivity index (χ0v) is 23.8. The summed E-state index contributed by atoms with van der Waals surface area (Å²) >= 11 is 0. The van der Waals surface area contributed by atoms with Gasteiger partial charge in [0.15, 0.2) is 0 Å². The fraction of sp³-hybridized carbons (Fsp3) is 0.